The van der Waals surface area contributed by atoms with Crippen molar-refractivity contribution in [2.75, 3.05) is 25.1 Å². The molecule has 1 amide bonds. The molecule has 0 bridgehead atoms. The number of carbonyl (C=O) groups excluding carboxylic acids is 1. The molecule has 1 aliphatic rings. The van der Waals surface area contributed by atoms with E-state index < -0.39 is 15.9 Å². The second-order valence-electron chi connectivity index (χ2n) is 6.02. The Morgan fingerprint density at radius 2 is 1.81 bits per heavy atom. The summed E-state index contributed by atoms with van der Waals surface area (Å²) < 4.78 is 38.4. The number of hydrogen-bond acceptors (Lipinski definition) is 5. The first-order chi connectivity index (χ1) is 12.3. The van der Waals surface area contributed by atoms with Crippen molar-refractivity contribution in [3.8, 4) is 11.5 Å². The maximum absolute atomic E-state index is 13.3. The van der Waals surface area contributed by atoms with E-state index in [-0.39, 0.29) is 22.8 Å². The number of primary amides is 1. The number of rotatable bonds is 5. The number of hydrogen-bond donors (Lipinski definition) is 1. The van der Waals surface area contributed by atoms with Gasteiger partial charge in [0.05, 0.1) is 19.9 Å². The van der Waals surface area contributed by atoms with Crippen molar-refractivity contribution in [3.63, 3.8) is 0 Å². The van der Waals surface area contributed by atoms with Crippen LogP contribution >= 0.6 is 0 Å². The Hall–Kier alpha value is -2.74. The Bertz CT molecular complexity index is 985. The normalized spacial score (nSPS) is 13.4. The molecule has 0 aromatic heterocycles. The highest BCUT2D eigenvalue weighted by molar-refractivity contribution is 7.93. The van der Waals surface area contributed by atoms with Gasteiger partial charge in [-0.15, -0.1) is 0 Å². The van der Waals surface area contributed by atoms with Gasteiger partial charge in [-0.05, 0) is 43.2 Å². The second-order valence-corrected chi connectivity index (χ2v) is 7.85. The average Bonchev–Trinajstić information content (AvgIpc) is 3.05. The highest BCUT2D eigenvalue weighted by Crippen LogP contribution is 2.40. The lowest BCUT2D eigenvalue weighted by Crippen LogP contribution is -2.29. The van der Waals surface area contributed by atoms with Gasteiger partial charge in [0, 0.05) is 17.7 Å². The Morgan fingerprint density at radius 3 is 2.42 bits per heavy atom. The Labute approximate surface area is 152 Å². The smallest absolute Gasteiger partial charge is 0.268 e. The summed E-state index contributed by atoms with van der Waals surface area (Å²) in [4.78, 5) is 11.7. The third-order valence-corrected chi connectivity index (χ3v) is 6.25. The summed E-state index contributed by atoms with van der Waals surface area (Å²) in [5, 5.41) is 0. The molecule has 2 aromatic carbocycles. The molecular weight excluding hydrogens is 356 g/mol. The van der Waals surface area contributed by atoms with Crippen molar-refractivity contribution < 1.29 is 22.7 Å². The monoisotopic (exact) mass is 376 g/mol. The van der Waals surface area contributed by atoms with Gasteiger partial charge in [0.25, 0.3) is 10.0 Å². The SMILES string of the molecule is COc1ccc(C)cc1S(=O)(=O)N1CCc2c(OC)cc(C(N)=O)cc21. The van der Waals surface area contributed by atoms with Crippen LogP contribution in [0.3, 0.4) is 0 Å². The van der Waals surface area contributed by atoms with E-state index >= 15 is 0 Å². The lowest BCUT2D eigenvalue weighted by atomic mass is 10.1. The van der Waals surface area contributed by atoms with Crippen molar-refractivity contribution in [2.45, 2.75) is 18.2 Å². The number of amides is 1. The Balaban J connectivity index is 2.18. The van der Waals surface area contributed by atoms with Gasteiger partial charge in [-0.25, -0.2) is 8.42 Å². The molecule has 7 nitrogen and oxygen atoms in total. The third kappa shape index (κ3) is 2.86. The van der Waals surface area contributed by atoms with Gasteiger partial charge in [-0.3, -0.25) is 9.10 Å². The Morgan fingerprint density at radius 1 is 1.12 bits per heavy atom. The molecule has 26 heavy (non-hydrogen) atoms. The molecule has 0 unspecified atom stereocenters. The zero-order chi connectivity index (χ0) is 19.1. The number of nitrogens with zero attached hydrogens (tertiary/aromatic N) is 1. The molecule has 8 heteroatoms. The molecule has 2 aromatic rings. The molecule has 1 aliphatic heterocycles. The van der Waals surface area contributed by atoms with Gasteiger partial charge in [-0.2, -0.15) is 0 Å². The second kappa shape index (κ2) is 6.53. The lowest BCUT2D eigenvalue weighted by molar-refractivity contribution is 0.1000. The van der Waals surface area contributed by atoms with E-state index in [1.807, 2.05) is 6.92 Å². The number of nitrogens with two attached hydrogens (primary N) is 1. The molecule has 3 rings (SSSR count). The van der Waals surface area contributed by atoms with Crippen molar-refractivity contribution in [3.05, 3.63) is 47.0 Å². The lowest BCUT2D eigenvalue weighted by Gasteiger charge is -2.22. The summed E-state index contributed by atoms with van der Waals surface area (Å²) in [5.74, 6) is 0.0655. The molecule has 1 heterocycles. The van der Waals surface area contributed by atoms with E-state index in [9.17, 15) is 13.2 Å². The zero-order valence-corrected chi connectivity index (χ0v) is 15.6. The number of fused-ring (bicyclic) bond motifs is 1. The minimum atomic E-state index is -3.88. The van der Waals surface area contributed by atoms with Crippen molar-refractivity contribution in [1.29, 1.82) is 0 Å². The van der Waals surface area contributed by atoms with E-state index in [1.54, 1.807) is 18.2 Å². The van der Waals surface area contributed by atoms with Gasteiger partial charge in [-0.1, -0.05) is 6.07 Å². The molecule has 0 spiro atoms. The molecule has 2 N–H and O–H groups in total. The van der Waals surface area contributed by atoms with Crippen molar-refractivity contribution in [1.82, 2.24) is 0 Å². The average molecular weight is 376 g/mol. The number of ether oxygens (including phenoxy) is 2. The van der Waals surface area contributed by atoms with Crippen LogP contribution in [-0.2, 0) is 16.4 Å². The van der Waals surface area contributed by atoms with E-state index in [4.69, 9.17) is 15.2 Å². The zero-order valence-electron chi connectivity index (χ0n) is 14.8. The summed E-state index contributed by atoms with van der Waals surface area (Å²) in [6.07, 6.45) is 0.477. The number of benzene rings is 2. The van der Waals surface area contributed by atoms with E-state index in [0.29, 0.717) is 17.9 Å². The maximum Gasteiger partial charge on any atom is 0.268 e. The molecule has 138 valence electrons. The molecule has 0 radical (unpaired) electrons. The van der Waals surface area contributed by atoms with Crippen LogP contribution in [0.25, 0.3) is 0 Å². The van der Waals surface area contributed by atoms with Gasteiger partial charge in [0.1, 0.15) is 16.4 Å². The quantitative estimate of drug-likeness (QED) is 0.859. The standard InChI is InChI=1S/C18H20N2O5S/c1-11-4-5-15(24-2)17(8-11)26(22,23)20-7-6-13-14(20)9-12(18(19)21)10-16(13)25-3/h4-5,8-10H,6-7H2,1-3H3,(H2,19,21). The van der Waals surface area contributed by atoms with Crippen LogP contribution in [0, 0.1) is 6.92 Å². The number of carbonyl (C=O) groups is 1. The summed E-state index contributed by atoms with van der Waals surface area (Å²) >= 11 is 0. The van der Waals surface area contributed by atoms with Crippen molar-refractivity contribution in [2.24, 2.45) is 5.73 Å². The molecular formula is C18H20N2O5S. The predicted molar refractivity (Wildman–Crippen MR) is 97.5 cm³/mol. The predicted octanol–water partition coefficient (Wildman–Crippen LogP) is 1.86. The highest BCUT2D eigenvalue weighted by atomic mass is 32.2. The van der Waals surface area contributed by atoms with Crippen LogP contribution in [0.1, 0.15) is 21.5 Å². The summed E-state index contributed by atoms with van der Waals surface area (Å²) in [6.45, 7) is 2.05. The van der Waals surface area contributed by atoms with Crippen LogP contribution in [-0.4, -0.2) is 35.1 Å². The minimum absolute atomic E-state index is 0.0799. The van der Waals surface area contributed by atoms with Crippen LogP contribution in [0.4, 0.5) is 5.69 Å². The summed E-state index contributed by atoms with van der Waals surface area (Å²) in [7, 11) is -0.984. The first kappa shape index (κ1) is 18.1. The topological polar surface area (TPSA) is 98.9 Å². The first-order valence-corrected chi connectivity index (χ1v) is 9.41. The third-order valence-electron chi connectivity index (χ3n) is 4.41. The van der Waals surface area contributed by atoms with Crippen LogP contribution in [0.15, 0.2) is 35.2 Å². The fourth-order valence-electron chi connectivity index (χ4n) is 3.12. The van der Waals surface area contributed by atoms with Crippen LogP contribution < -0.4 is 19.5 Å². The van der Waals surface area contributed by atoms with Crippen LogP contribution in [0.2, 0.25) is 0 Å². The number of anilines is 1. The van der Waals surface area contributed by atoms with Gasteiger partial charge in [0.15, 0.2) is 0 Å². The van der Waals surface area contributed by atoms with Crippen molar-refractivity contribution >= 4 is 21.6 Å². The van der Waals surface area contributed by atoms with Gasteiger partial charge < -0.3 is 15.2 Å². The first-order valence-electron chi connectivity index (χ1n) is 7.97. The number of aryl methyl sites for hydroxylation is 1. The van der Waals surface area contributed by atoms with E-state index in [1.165, 1.54) is 30.7 Å². The molecule has 0 saturated heterocycles. The fraction of sp³-hybridized carbons (Fsp3) is 0.278. The highest BCUT2D eigenvalue weighted by Gasteiger charge is 2.35. The van der Waals surface area contributed by atoms with Gasteiger partial charge >= 0.3 is 0 Å². The minimum Gasteiger partial charge on any atom is -0.496 e. The maximum atomic E-state index is 13.3. The molecule has 0 fully saturated rings. The Kier molecular flexibility index (Phi) is 4.53. The van der Waals surface area contributed by atoms with Crippen LogP contribution in [0.5, 0.6) is 11.5 Å². The van der Waals surface area contributed by atoms with E-state index in [2.05, 4.69) is 0 Å². The summed E-state index contributed by atoms with van der Waals surface area (Å²) in [5.41, 5.74) is 7.51. The van der Waals surface area contributed by atoms with Gasteiger partial charge in [0.2, 0.25) is 5.91 Å². The number of methoxy groups -OCH3 is 2. The molecule has 0 saturated carbocycles. The van der Waals surface area contributed by atoms with E-state index in [0.717, 1.165) is 11.1 Å². The largest absolute Gasteiger partial charge is 0.496 e. The fourth-order valence-corrected chi connectivity index (χ4v) is 4.85. The summed E-state index contributed by atoms with van der Waals surface area (Å²) in [6, 6.07) is 8.00. The molecule has 0 atom stereocenters. The number of sulfonamides is 1. The molecule has 0 aliphatic carbocycles.